The van der Waals surface area contributed by atoms with Crippen molar-refractivity contribution >= 4 is 12.0 Å². The number of ether oxygens (including phenoxy) is 4. The van der Waals surface area contributed by atoms with Gasteiger partial charge in [0, 0.05) is 18.2 Å². The summed E-state index contributed by atoms with van der Waals surface area (Å²) in [6, 6.07) is 7.88. The van der Waals surface area contributed by atoms with Gasteiger partial charge >= 0.3 is 18.3 Å². The zero-order valence-electron chi connectivity index (χ0n) is 21.7. The molecular weight excluding hydrogens is 544 g/mol. The van der Waals surface area contributed by atoms with Gasteiger partial charge in [-0.3, -0.25) is 9.69 Å². The van der Waals surface area contributed by atoms with Crippen molar-refractivity contribution in [3.63, 3.8) is 0 Å². The number of esters is 1. The van der Waals surface area contributed by atoms with Crippen molar-refractivity contribution in [1.29, 1.82) is 0 Å². The van der Waals surface area contributed by atoms with Crippen LogP contribution in [0.25, 0.3) is 6.08 Å². The first kappa shape index (κ1) is 29.6. The molecule has 0 spiro atoms. The number of nitrogens with zero attached hydrogens (tertiary/aromatic N) is 1. The standard InChI is InChI=1S/C28H29F6NO5/c1-2-37-26(36)20-7-9-35(10-8-20)14-19-11-21-4-5-22(13-25(21)39-16-19)38-15-18-3-6-24(40-17-27(29,30)31)23(12-18)28(32,33)34/h3-6,11-13,20H,2,7-10,14-17H2,1H3. The first-order valence-corrected chi connectivity index (χ1v) is 12.8. The Hall–Kier alpha value is -3.41. The topological polar surface area (TPSA) is 57.2 Å². The van der Waals surface area contributed by atoms with E-state index >= 15 is 0 Å². The SMILES string of the molecule is CCOC(=O)C1CCN(CC2=Cc3ccc(OCc4ccc(OCC(F)(F)F)c(C(F)(F)F)c4)cc3OC2)CC1. The molecule has 1 fully saturated rings. The van der Waals surface area contributed by atoms with Crippen LogP contribution in [0.3, 0.4) is 0 Å². The number of rotatable bonds is 9. The Kier molecular flexibility index (Phi) is 9.17. The minimum Gasteiger partial charge on any atom is -0.489 e. The molecular formula is C28H29F6NO5. The van der Waals surface area contributed by atoms with E-state index in [-0.39, 0.29) is 24.1 Å². The number of hydrogen-bond acceptors (Lipinski definition) is 6. The average Bonchev–Trinajstić information content (AvgIpc) is 2.90. The number of carbonyl (C=O) groups is 1. The van der Waals surface area contributed by atoms with E-state index in [2.05, 4.69) is 9.64 Å². The zero-order chi connectivity index (χ0) is 28.9. The van der Waals surface area contributed by atoms with Crippen LogP contribution in [0, 0.1) is 5.92 Å². The summed E-state index contributed by atoms with van der Waals surface area (Å²) in [5, 5.41) is 0. The lowest BCUT2D eigenvalue weighted by atomic mass is 9.96. The molecule has 1 saturated heterocycles. The number of piperidine rings is 1. The van der Waals surface area contributed by atoms with Crippen LogP contribution < -0.4 is 14.2 Å². The predicted molar refractivity (Wildman–Crippen MR) is 133 cm³/mol. The highest BCUT2D eigenvalue weighted by Crippen LogP contribution is 2.38. The second-order valence-electron chi connectivity index (χ2n) is 9.61. The normalized spacial score (nSPS) is 16.5. The number of benzene rings is 2. The van der Waals surface area contributed by atoms with Gasteiger partial charge in [-0.05, 0) is 74.3 Å². The second kappa shape index (κ2) is 12.4. The molecule has 0 amide bonds. The van der Waals surface area contributed by atoms with Crippen molar-refractivity contribution in [3.8, 4) is 17.2 Å². The summed E-state index contributed by atoms with van der Waals surface area (Å²) in [5.74, 6) is -0.173. The first-order valence-electron chi connectivity index (χ1n) is 12.8. The predicted octanol–water partition coefficient (Wildman–Crippen LogP) is 6.28. The van der Waals surface area contributed by atoms with E-state index in [1.807, 2.05) is 6.08 Å². The Morgan fingerprint density at radius 1 is 1.02 bits per heavy atom. The van der Waals surface area contributed by atoms with Crippen LogP contribution in [0.4, 0.5) is 26.3 Å². The van der Waals surface area contributed by atoms with Gasteiger partial charge in [0.25, 0.3) is 0 Å². The Balaban J connectivity index is 1.34. The fourth-order valence-electron chi connectivity index (χ4n) is 4.59. The minimum atomic E-state index is -4.91. The number of alkyl halides is 6. The molecule has 0 atom stereocenters. The van der Waals surface area contributed by atoms with E-state index in [1.54, 1.807) is 25.1 Å². The Labute approximate surface area is 227 Å². The molecule has 4 rings (SSSR count). The number of carbonyl (C=O) groups excluding carboxylic acids is 1. The molecule has 6 nitrogen and oxygen atoms in total. The molecule has 2 aromatic rings. The minimum absolute atomic E-state index is 0.0624. The third kappa shape index (κ3) is 8.06. The largest absolute Gasteiger partial charge is 0.489 e. The maximum absolute atomic E-state index is 13.4. The van der Waals surface area contributed by atoms with Crippen LogP contribution in [0.15, 0.2) is 42.0 Å². The maximum Gasteiger partial charge on any atom is 0.422 e. The van der Waals surface area contributed by atoms with E-state index in [0.29, 0.717) is 37.3 Å². The third-order valence-corrected chi connectivity index (χ3v) is 6.54. The monoisotopic (exact) mass is 573 g/mol. The molecule has 218 valence electrons. The lowest BCUT2D eigenvalue weighted by Crippen LogP contribution is -2.38. The third-order valence-electron chi connectivity index (χ3n) is 6.54. The molecule has 0 aromatic heterocycles. The maximum atomic E-state index is 13.4. The molecule has 2 aliphatic heterocycles. The molecule has 0 radical (unpaired) electrons. The molecule has 2 aliphatic rings. The van der Waals surface area contributed by atoms with Gasteiger partial charge < -0.3 is 18.9 Å². The highest BCUT2D eigenvalue weighted by atomic mass is 19.4. The van der Waals surface area contributed by atoms with E-state index in [4.69, 9.17) is 14.2 Å². The number of hydrogen-bond donors (Lipinski definition) is 0. The van der Waals surface area contributed by atoms with E-state index in [9.17, 15) is 31.1 Å². The van der Waals surface area contributed by atoms with Crippen molar-refractivity contribution < 1.29 is 50.1 Å². The number of likely N-dealkylation sites (tertiary alicyclic amines) is 1. The van der Waals surface area contributed by atoms with Gasteiger partial charge in [0.05, 0.1) is 18.1 Å². The summed E-state index contributed by atoms with van der Waals surface area (Å²) in [6.45, 7) is 2.74. The van der Waals surface area contributed by atoms with Gasteiger partial charge in [0.15, 0.2) is 6.61 Å². The summed E-state index contributed by atoms with van der Waals surface area (Å²) in [4.78, 5) is 14.2. The van der Waals surface area contributed by atoms with Crippen LogP contribution in [0.5, 0.6) is 17.2 Å². The molecule has 12 heteroatoms. The summed E-state index contributed by atoms with van der Waals surface area (Å²) >= 11 is 0. The van der Waals surface area contributed by atoms with Gasteiger partial charge in [-0.1, -0.05) is 6.07 Å². The molecule has 2 heterocycles. The molecule has 0 saturated carbocycles. The van der Waals surface area contributed by atoms with E-state index in [1.165, 1.54) is 6.07 Å². The Bertz CT molecular complexity index is 1220. The van der Waals surface area contributed by atoms with Crippen LogP contribution in [-0.4, -0.2) is 56.5 Å². The Morgan fingerprint density at radius 2 is 1.77 bits per heavy atom. The number of halogens is 6. The van der Waals surface area contributed by atoms with E-state index < -0.39 is 30.3 Å². The van der Waals surface area contributed by atoms with Gasteiger partial charge in [-0.2, -0.15) is 26.3 Å². The summed E-state index contributed by atoms with van der Waals surface area (Å²) in [6.07, 6.45) is -6.15. The summed E-state index contributed by atoms with van der Waals surface area (Å²) < 4.78 is 98.5. The quantitative estimate of drug-likeness (QED) is 0.260. The molecule has 2 aromatic carbocycles. The second-order valence-corrected chi connectivity index (χ2v) is 9.61. The van der Waals surface area contributed by atoms with Crippen molar-refractivity contribution in [3.05, 3.63) is 58.7 Å². The summed E-state index contributed by atoms with van der Waals surface area (Å²) in [5.41, 5.74) is 0.706. The van der Waals surface area contributed by atoms with Gasteiger partial charge in [0.2, 0.25) is 0 Å². The molecule has 0 N–H and O–H groups in total. The first-order chi connectivity index (χ1) is 18.9. The van der Waals surface area contributed by atoms with Crippen molar-refractivity contribution in [2.75, 3.05) is 39.5 Å². The summed E-state index contributed by atoms with van der Waals surface area (Å²) in [7, 11) is 0. The number of fused-ring (bicyclic) bond motifs is 1. The highest BCUT2D eigenvalue weighted by Gasteiger charge is 2.36. The molecule has 0 bridgehead atoms. The van der Waals surface area contributed by atoms with Crippen molar-refractivity contribution in [2.24, 2.45) is 5.92 Å². The fourth-order valence-corrected chi connectivity index (χ4v) is 4.59. The molecule has 0 aliphatic carbocycles. The van der Waals surface area contributed by atoms with Crippen LogP contribution in [0.2, 0.25) is 0 Å². The fraction of sp³-hybridized carbons (Fsp3) is 0.464. The van der Waals surface area contributed by atoms with Crippen LogP contribution in [-0.2, 0) is 22.3 Å². The van der Waals surface area contributed by atoms with Crippen LogP contribution >= 0.6 is 0 Å². The average molecular weight is 574 g/mol. The smallest absolute Gasteiger partial charge is 0.422 e. The van der Waals surface area contributed by atoms with Gasteiger partial charge in [0.1, 0.15) is 30.5 Å². The molecule has 40 heavy (non-hydrogen) atoms. The van der Waals surface area contributed by atoms with E-state index in [0.717, 1.165) is 43.1 Å². The van der Waals surface area contributed by atoms with Gasteiger partial charge in [-0.15, -0.1) is 0 Å². The zero-order valence-corrected chi connectivity index (χ0v) is 21.7. The molecule has 0 unspecified atom stereocenters. The lowest BCUT2D eigenvalue weighted by Gasteiger charge is -2.32. The lowest BCUT2D eigenvalue weighted by molar-refractivity contribution is -0.158. The highest BCUT2D eigenvalue weighted by molar-refractivity contribution is 5.72. The van der Waals surface area contributed by atoms with Gasteiger partial charge in [-0.25, -0.2) is 0 Å². The van der Waals surface area contributed by atoms with Crippen molar-refractivity contribution in [1.82, 2.24) is 4.90 Å². The van der Waals surface area contributed by atoms with Crippen molar-refractivity contribution in [2.45, 2.75) is 38.7 Å². The van der Waals surface area contributed by atoms with Crippen LogP contribution in [0.1, 0.15) is 36.5 Å². The Morgan fingerprint density at radius 3 is 2.45 bits per heavy atom.